The van der Waals surface area contributed by atoms with E-state index in [0.717, 1.165) is 85.4 Å². The minimum absolute atomic E-state index is 0.691. The molecule has 9 heteroatoms. The lowest BCUT2D eigenvalue weighted by molar-refractivity contribution is 0.311. The van der Waals surface area contributed by atoms with Gasteiger partial charge in [0, 0.05) is 79.5 Å². The Bertz CT molecular complexity index is 1320. The highest BCUT2D eigenvalue weighted by Gasteiger charge is 2.19. The van der Waals surface area contributed by atoms with Crippen LogP contribution < -0.4 is 15.1 Å². The van der Waals surface area contributed by atoms with Gasteiger partial charge in [0.05, 0.1) is 17.8 Å². The highest BCUT2D eigenvalue weighted by Crippen LogP contribution is 2.25. The Morgan fingerprint density at radius 1 is 0.973 bits per heavy atom. The third-order valence-corrected chi connectivity index (χ3v) is 6.88. The number of halogens is 1. The first-order chi connectivity index (χ1) is 18.0. The van der Waals surface area contributed by atoms with Crippen molar-refractivity contribution in [2.24, 2.45) is 0 Å². The summed E-state index contributed by atoms with van der Waals surface area (Å²) >= 11 is 6.15. The fraction of sp³-hybridized carbons (Fsp3) is 0.357. The van der Waals surface area contributed by atoms with Crippen molar-refractivity contribution in [1.29, 1.82) is 0 Å². The molecular formula is C28H33ClN8. The number of aryl methyl sites for hydroxylation is 1. The lowest BCUT2D eigenvalue weighted by Gasteiger charge is -2.33. The molecule has 0 amide bonds. The van der Waals surface area contributed by atoms with E-state index in [4.69, 9.17) is 21.6 Å². The molecule has 1 fully saturated rings. The van der Waals surface area contributed by atoms with Crippen molar-refractivity contribution in [2.45, 2.75) is 19.9 Å². The molecule has 8 nitrogen and oxygen atoms in total. The van der Waals surface area contributed by atoms with Crippen LogP contribution in [0.15, 0.2) is 60.9 Å². The van der Waals surface area contributed by atoms with E-state index >= 15 is 0 Å². The lowest BCUT2D eigenvalue weighted by Crippen LogP contribution is -2.45. The normalized spacial score (nSPS) is 14.2. The summed E-state index contributed by atoms with van der Waals surface area (Å²) in [5, 5.41) is 5.35. The summed E-state index contributed by atoms with van der Waals surface area (Å²) in [6, 6.07) is 16.0. The highest BCUT2D eigenvalue weighted by atomic mass is 35.5. The Balaban J connectivity index is 1.31. The minimum Gasteiger partial charge on any atom is -0.384 e. The molecule has 4 aromatic rings. The van der Waals surface area contributed by atoms with E-state index in [1.54, 1.807) is 0 Å². The van der Waals surface area contributed by atoms with Crippen LogP contribution in [0.1, 0.15) is 17.8 Å². The molecule has 0 unspecified atom stereocenters. The maximum Gasteiger partial charge on any atom is 0.227 e. The SMILES string of the molecule is Cc1cc(N(CCCNc2ccnc3cc(Cl)ccc23)Cc2ccccn2)nc(N2CCN(C)CC2)n1. The van der Waals surface area contributed by atoms with Gasteiger partial charge in [-0.1, -0.05) is 17.7 Å². The zero-order valence-electron chi connectivity index (χ0n) is 21.4. The third-order valence-electron chi connectivity index (χ3n) is 6.64. The molecule has 1 aliphatic heterocycles. The van der Waals surface area contributed by atoms with Crippen molar-refractivity contribution in [3.05, 3.63) is 77.3 Å². The average Bonchev–Trinajstić information content (AvgIpc) is 2.91. The first kappa shape index (κ1) is 25.2. The summed E-state index contributed by atoms with van der Waals surface area (Å²) in [4.78, 5) is 25.7. The Labute approximate surface area is 223 Å². The van der Waals surface area contributed by atoms with Crippen LogP contribution >= 0.6 is 11.6 Å². The maximum atomic E-state index is 6.15. The molecule has 1 aliphatic rings. The fourth-order valence-electron chi connectivity index (χ4n) is 4.58. The van der Waals surface area contributed by atoms with E-state index in [0.29, 0.717) is 11.6 Å². The number of hydrogen-bond donors (Lipinski definition) is 1. The molecule has 1 aromatic carbocycles. The van der Waals surface area contributed by atoms with Gasteiger partial charge in [-0.3, -0.25) is 9.97 Å². The molecule has 4 heterocycles. The number of piperazine rings is 1. The van der Waals surface area contributed by atoms with Crippen molar-refractivity contribution in [2.75, 3.05) is 61.4 Å². The van der Waals surface area contributed by atoms with E-state index < -0.39 is 0 Å². The van der Waals surface area contributed by atoms with Gasteiger partial charge in [-0.2, -0.15) is 4.98 Å². The summed E-state index contributed by atoms with van der Waals surface area (Å²) in [6.07, 6.45) is 4.59. The highest BCUT2D eigenvalue weighted by molar-refractivity contribution is 6.31. The number of nitrogens with zero attached hydrogens (tertiary/aromatic N) is 7. The predicted molar refractivity (Wildman–Crippen MR) is 152 cm³/mol. The van der Waals surface area contributed by atoms with Crippen LogP contribution in [0.25, 0.3) is 10.9 Å². The van der Waals surface area contributed by atoms with Gasteiger partial charge in [0.15, 0.2) is 0 Å². The zero-order valence-corrected chi connectivity index (χ0v) is 22.2. The van der Waals surface area contributed by atoms with Crippen molar-refractivity contribution in [3.63, 3.8) is 0 Å². The first-order valence-corrected chi connectivity index (χ1v) is 13.1. The number of fused-ring (bicyclic) bond motifs is 1. The molecule has 1 N–H and O–H groups in total. The molecule has 1 saturated heterocycles. The summed E-state index contributed by atoms with van der Waals surface area (Å²) in [6.45, 7) is 8.30. The Morgan fingerprint density at radius 3 is 2.65 bits per heavy atom. The van der Waals surface area contributed by atoms with Gasteiger partial charge in [0.25, 0.3) is 0 Å². The van der Waals surface area contributed by atoms with Crippen LogP contribution in [0.3, 0.4) is 0 Å². The summed E-state index contributed by atoms with van der Waals surface area (Å²) in [7, 11) is 2.16. The summed E-state index contributed by atoms with van der Waals surface area (Å²) < 4.78 is 0. The summed E-state index contributed by atoms with van der Waals surface area (Å²) in [5.41, 5.74) is 3.95. The average molecular weight is 517 g/mol. The number of hydrogen-bond acceptors (Lipinski definition) is 8. The molecule has 0 radical (unpaired) electrons. The van der Waals surface area contributed by atoms with Crippen molar-refractivity contribution in [1.82, 2.24) is 24.8 Å². The lowest BCUT2D eigenvalue weighted by atomic mass is 10.2. The van der Waals surface area contributed by atoms with Gasteiger partial charge < -0.3 is 20.0 Å². The molecule has 0 aliphatic carbocycles. The monoisotopic (exact) mass is 516 g/mol. The van der Waals surface area contributed by atoms with Crippen molar-refractivity contribution < 1.29 is 0 Å². The Kier molecular flexibility index (Phi) is 7.96. The molecule has 0 saturated carbocycles. The quantitative estimate of drug-likeness (QED) is 0.322. The number of pyridine rings is 2. The molecular weight excluding hydrogens is 484 g/mol. The van der Waals surface area contributed by atoms with Crippen LogP contribution in [0.4, 0.5) is 17.5 Å². The van der Waals surface area contributed by atoms with Crippen LogP contribution in [0.2, 0.25) is 5.02 Å². The number of nitrogens with one attached hydrogen (secondary N) is 1. The van der Waals surface area contributed by atoms with E-state index in [9.17, 15) is 0 Å². The first-order valence-electron chi connectivity index (χ1n) is 12.8. The van der Waals surface area contributed by atoms with Gasteiger partial charge in [-0.15, -0.1) is 0 Å². The van der Waals surface area contributed by atoms with Crippen LogP contribution in [0, 0.1) is 6.92 Å². The minimum atomic E-state index is 0.691. The van der Waals surface area contributed by atoms with Crippen LogP contribution in [0.5, 0.6) is 0 Å². The zero-order chi connectivity index (χ0) is 25.6. The molecule has 3 aromatic heterocycles. The number of rotatable bonds is 9. The Hall–Kier alpha value is -3.49. The van der Waals surface area contributed by atoms with Crippen LogP contribution in [-0.4, -0.2) is 71.2 Å². The second kappa shape index (κ2) is 11.7. The van der Waals surface area contributed by atoms with Gasteiger partial charge >= 0.3 is 0 Å². The van der Waals surface area contributed by atoms with Crippen molar-refractivity contribution >= 4 is 40.0 Å². The standard InChI is InChI=1S/C28H33ClN8/c1-21-18-27(34-28(33-21)36-16-14-35(2)15-17-36)37(20-23-6-3-4-10-30-23)13-5-11-31-25-9-12-32-26-19-22(29)7-8-24(25)26/h3-4,6-10,12,18-19H,5,11,13-17,20H2,1-2H3,(H,31,32). The smallest absolute Gasteiger partial charge is 0.227 e. The van der Waals surface area contributed by atoms with Gasteiger partial charge in [-0.05, 0) is 56.8 Å². The fourth-order valence-corrected chi connectivity index (χ4v) is 4.74. The van der Waals surface area contributed by atoms with E-state index in [2.05, 4.69) is 49.2 Å². The molecule has 192 valence electrons. The third kappa shape index (κ3) is 6.45. The van der Waals surface area contributed by atoms with Crippen molar-refractivity contribution in [3.8, 4) is 0 Å². The van der Waals surface area contributed by atoms with E-state index in [-0.39, 0.29) is 0 Å². The molecule has 0 bridgehead atoms. The van der Waals surface area contributed by atoms with Gasteiger partial charge in [0.2, 0.25) is 5.95 Å². The topological polar surface area (TPSA) is 73.3 Å². The van der Waals surface area contributed by atoms with E-state index in [1.165, 1.54) is 0 Å². The van der Waals surface area contributed by atoms with Crippen LogP contribution in [-0.2, 0) is 6.54 Å². The summed E-state index contributed by atoms with van der Waals surface area (Å²) in [5.74, 6) is 1.75. The van der Waals surface area contributed by atoms with Gasteiger partial charge in [-0.25, -0.2) is 4.98 Å². The second-order valence-corrected chi connectivity index (χ2v) is 9.94. The molecule has 37 heavy (non-hydrogen) atoms. The molecule has 0 atom stereocenters. The Morgan fingerprint density at radius 2 is 1.84 bits per heavy atom. The van der Waals surface area contributed by atoms with Gasteiger partial charge in [0.1, 0.15) is 5.82 Å². The second-order valence-electron chi connectivity index (χ2n) is 9.50. The largest absolute Gasteiger partial charge is 0.384 e. The number of anilines is 3. The number of aromatic nitrogens is 4. The molecule has 5 rings (SSSR count). The number of likely N-dealkylation sites (N-methyl/N-ethyl adjacent to an activating group) is 1. The van der Waals surface area contributed by atoms with E-state index in [1.807, 2.05) is 55.7 Å². The molecule has 0 spiro atoms. The predicted octanol–water partition coefficient (Wildman–Crippen LogP) is 4.64. The maximum absolute atomic E-state index is 6.15. The number of benzene rings is 1.